The van der Waals surface area contributed by atoms with Crippen LogP contribution in [0.5, 0.6) is 23.0 Å². The van der Waals surface area contributed by atoms with E-state index in [0.29, 0.717) is 35.1 Å². The highest BCUT2D eigenvalue weighted by Gasteiger charge is 2.37. The molecule has 4 aromatic rings. The second-order valence-corrected chi connectivity index (χ2v) is 25.9. The molecule has 70 heavy (non-hydrogen) atoms. The lowest BCUT2D eigenvalue weighted by Crippen LogP contribution is -2.48. The average molecular weight is 1050 g/mol. The SMILES string of the molecule is Cc1ccc(O)cc1S(=O)(=O)N1CCCN(S(=O)(=O)c2cc(O)ccc2C)CCN(S(=O)(=O)c2cc(O)ccc2C)CC(CCCCCCCCCCCO)CN(S(=O)(=O)c2cc(O)ccc2C)CC1. The summed E-state index contributed by atoms with van der Waals surface area (Å²) in [5, 5.41) is 51.1. The van der Waals surface area contributed by atoms with Gasteiger partial charge in [0.05, 0.1) is 19.6 Å². The van der Waals surface area contributed by atoms with Crippen LogP contribution < -0.4 is 0 Å². The number of unbranched alkanes of at least 4 members (excludes halogenated alkanes) is 8. The summed E-state index contributed by atoms with van der Waals surface area (Å²) in [5.41, 5.74) is 1.20. The zero-order valence-corrected chi connectivity index (χ0v) is 43.8. The maximum atomic E-state index is 15.0. The zero-order valence-electron chi connectivity index (χ0n) is 40.6. The molecule has 0 aliphatic carbocycles. The summed E-state index contributed by atoms with van der Waals surface area (Å²) in [4.78, 5) is -0.934. The van der Waals surface area contributed by atoms with Crippen molar-refractivity contribution < 1.29 is 59.2 Å². The van der Waals surface area contributed by atoms with Crippen LogP contribution in [0.25, 0.3) is 0 Å². The molecule has 0 bridgehead atoms. The number of benzene rings is 4. The van der Waals surface area contributed by atoms with Crippen LogP contribution in [0.4, 0.5) is 0 Å². The van der Waals surface area contributed by atoms with Crippen LogP contribution in [0, 0.1) is 33.6 Å². The van der Waals surface area contributed by atoms with E-state index in [1.807, 2.05) is 0 Å². The van der Waals surface area contributed by atoms with E-state index in [1.54, 1.807) is 27.7 Å². The number of aromatic hydroxyl groups is 4. The fourth-order valence-corrected chi connectivity index (χ4v) is 15.7. The van der Waals surface area contributed by atoms with E-state index in [9.17, 15) is 54.1 Å². The Hall–Kier alpha value is -4.32. The van der Waals surface area contributed by atoms with E-state index in [2.05, 4.69) is 0 Å². The topological polar surface area (TPSA) is 251 Å². The first-order valence-electron chi connectivity index (χ1n) is 23.8. The predicted octanol–water partition coefficient (Wildman–Crippen LogP) is 6.72. The summed E-state index contributed by atoms with van der Waals surface area (Å²) in [6, 6.07) is 15.5. The van der Waals surface area contributed by atoms with Gasteiger partial charge in [0.1, 0.15) is 23.0 Å². The highest BCUT2D eigenvalue weighted by Crippen LogP contribution is 2.32. The lowest BCUT2D eigenvalue weighted by atomic mass is 9.99. The number of aliphatic hydroxyl groups is 1. The Bertz CT molecular complexity index is 2680. The Morgan fingerprint density at radius 1 is 0.400 bits per heavy atom. The van der Waals surface area contributed by atoms with E-state index in [4.69, 9.17) is 5.11 Å². The van der Waals surface area contributed by atoms with Gasteiger partial charge in [0.2, 0.25) is 40.1 Å². The Morgan fingerprint density at radius 2 is 0.671 bits per heavy atom. The summed E-state index contributed by atoms with van der Waals surface area (Å²) in [6.45, 7) is 3.32. The normalized spacial score (nSPS) is 16.6. The maximum Gasteiger partial charge on any atom is 0.243 e. The van der Waals surface area contributed by atoms with Gasteiger partial charge >= 0.3 is 0 Å². The summed E-state index contributed by atoms with van der Waals surface area (Å²) in [7, 11) is -18.1. The molecule has 1 aliphatic rings. The Kier molecular flexibility index (Phi) is 20.1. The first kappa shape index (κ1) is 56.6. The number of rotatable bonds is 19. The Morgan fingerprint density at radius 3 is 0.986 bits per heavy atom. The van der Waals surface area contributed by atoms with Crippen LogP contribution in [-0.2, 0) is 40.1 Å². The maximum absolute atomic E-state index is 15.0. The fraction of sp³-hybridized carbons (Fsp3) is 0.510. The van der Waals surface area contributed by atoms with Gasteiger partial charge in [0.25, 0.3) is 0 Å². The van der Waals surface area contributed by atoms with Crippen molar-refractivity contribution in [2.45, 2.75) is 118 Å². The van der Waals surface area contributed by atoms with Crippen molar-refractivity contribution in [1.82, 2.24) is 17.2 Å². The quantitative estimate of drug-likeness (QED) is 0.0613. The molecule has 0 aromatic heterocycles. The number of phenols is 4. The highest BCUT2D eigenvalue weighted by atomic mass is 32.2. The number of phenolic OH excluding ortho intramolecular Hbond substituents is 4. The molecule has 0 unspecified atom stereocenters. The third kappa shape index (κ3) is 14.4. The summed E-state index contributed by atoms with van der Waals surface area (Å²) < 4.78 is 123. The van der Waals surface area contributed by atoms with E-state index >= 15 is 0 Å². The molecular weight excluding hydrogens is 981 g/mol. The van der Waals surface area contributed by atoms with Gasteiger partial charge in [-0.25, -0.2) is 33.7 Å². The molecule has 5 N–H and O–H groups in total. The molecule has 1 fully saturated rings. The Balaban J connectivity index is 1.65. The molecule has 1 aliphatic heterocycles. The van der Waals surface area contributed by atoms with Crippen molar-refractivity contribution in [3.63, 3.8) is 0 Å². The van der Waals surface area contributed by atoms with Crippen molar-refractivity contribution in [1.29, 1.82) is 0 Å². The van der Waals surface area contributed by atoms with Crippen molar-refractivity contribution >= 4 is 40.1 Å². The van der Waals surface area contributed by atoms with Crippen molar-refractivity contribution in [2.75, 3.05) is 59.0 Å². The first-order valence-corrected chi connectivity index (χ1v) is 29.6. The van der Waals surface area contributed by atoms with Gasteiger partial charge in [-0.1, -0.05) is 75.6 Å². The van der Waals surface area contributed by atoms with Gasteiger partial charge in [-0.05, 0) is 99.4 Å². The standard InChI is InChI=1S/C49H70N4O13S4/c1-37-16-20-42(55)31-46(37)67(59,60)50-24-14-25-51(68(61,62)47-32-43(56)21-17-38(47)2)27-29-53(70(65,66)49-34-45(58)23-19-40(49)4)36-41(15-12-10-8-6-5-7-9-11-13-30-54)35-52(28-26-50)69(63,64)48-33-44(57)22-18-39(48)3/h16-23,31-34,41,54-58H,5-15,24-30,35-36H2,1-4H3. The number of aliphatic hydroxyl groups excluding tert-OH is 1. The summed E-state index contributed by atoms with van der Waals surface area (Å²) in [5.74, 6) is -2.05. The highest BCUT2D eigenvalue weighted by molar-refractivity contribution is 7.90. The summed E-state index contributed by atoms with van der Waals surface area (Å²) >= 11 is 0. The number of sulfonamides is 4. The van der Waals surface area contributed by atoms with Crippen LogP contribution in [0.3, 0.4) is 0 Å². The van der Waals surface area contributed by atoms with Crippen molar-refractivity contribution in [3.8, 4) is 23.0 Å². The van der Waals surface area contributed by atoms with Crippen molar-refractivity contribution in [3.05, 3.63) is 95.1 Å². The van der Waals surface area contributed by atoms with Gasteiger partial charge in [-0.3, -0.25) is 0 Å². The van der Waals surface area contributed by atoms with Crippen LogP contribution in [-0.4, -0.2) is 135 Å². The number of nitrogens with zero attached hydrogens (tertiary/aromatic N) is 4. The number of hydrogen-bond acceptors (Lipinski definition) is 13. The molecule has 0 atom stereocenters. The Labute approximate surface area is 415 Å². The molecule has 0 radical (unpaired) electrons. The molecule has 0 amide bonds. The average Bonchev–Trinajstić information content (AvgIpc) is 3.30. The van der Waals surface area contributed by atoms with Crippen LogP contribution in [0.1, 0.15) is 92.9 Å². The van der Waals surface area contributed by atoms with Crippen LogP contribution in [0.2, 0.25) is 0 Å². The molecular formula is C49H70N4O13S4. The van der Waals surface area contributed by atoms with Gasteiger partial charge in [0.15, 0.2) is 0 Å². The predicted molar refractivity (Wildman–Crippen MR) is 268 cm³/mol. The smallest absolute Gasteiger partial charge is 0.243 e. The second kappa shape index (κ2) is 24.9. The monoisotopic (exact) mass is 1050 g/mol. The third-order valence-corrected chi connectivity index (χ3v) is 21.0. The van der Waals surface area contributed by atoms with E-state index in [1.165, 1.54) is 48.5 Å². The minimum Gasteiger partial charge on any atom is -0.508 e. The van der Waals surface area contributed by atoms with Gasteiger partial charge < -0.3 is 25.5 Å². The molecule has 5 rings (SSSR count). The molecule has 21 heteroatoms. The fourth-order valence-electron chi connectivity index (χ4n) is 8.81. The zero-order chi connectivity index (χ0) is 51.4. The van der Waals surface area contributed by atoms with E-state index in [0.717, 1.165) is 92.9 Å². The minimum absolute atomic E-state index is 0.156. The van der Waals surface area contributed by atoms with Crippen LogP contribution in [0.15, 0.2) is 92.4 Å². The molecule has 0 spiro atoms. The third-order valence-electron chi connectivity index (χ3n) is 12.9. The van der Waals surface area contributed by atoms with E-state index in [-0.39, 0.29) is 81.8 Å². The number of hydrogen-bond donors (Lipinski definition) is 5. The molecule has 4 aromatic carbocycles. The first-order chi connectivity index (χ1) is 33.0. The largest absolute Gasteiger partial charge is 0.508 e. The van der Waals surface area contributed by atoms with Crippen molar-refractivity contribution in [2.24, 2.45) is 5.92 Å². The van der Waals surface area contributed by atoms with Gasteiger partial charge in [-0.2, -0.15) is 17.2 Å². The summed E-state index contributed by atoms with van der Waals surface area (Å²) in [6.07, 6.45) is 7.94. The minimum atomic E-state index is -4.55. The number of aryl methyl sites for hydroxylation is 4. The lowest BCUT2D eigenvalue weighted by molar-refractivity contribution is 0.242. The molecule has 17 nitrogen and oxygen atoms in total. The lowest BCUT2D eigenvalue weighted by Gasteiger charge is -2.34. The van der Waals surface area contributed by atoms with Gasteiger partial charge in [-0.15, -0.1) is 0 Å². The second-order valence-electron chi connectivity index (χ2n) is 18.2. The van der Waals surface area contributed by atoms with E-state index < -0.39 is 72.2 Å². The molecule has 1 saturated heterocycles. The van der Waals surface area contributed by atoms with Gasteiger partial charge in [0, 0.05) is 83.2 Å². The molecule has 1 heterocycles. The molecule has 388 valence electrons. The molecule has 0 saturated carbocycles. The van der Waals surface area contributed by atoms with Crippen LogP contribution >= 0.6 is 0 Å².